The molecule has 0 aromatic carbocycles. The molecule has 0 aliphatic rings. The van der Waals surface area contributed by atoms with Crippen LogP contribution in [0.1, 0.15) is 24.6 Å². The van der Waals surface area contributed by atoms with Crippen molar-refractivity contribution in [1.82, 2.24) is 9.55 Å². The van der Waals surface area contributed by atoms with Crippen molar-refractivity contribution in [2.45, 2.75) is 19.8 Å². The average molecular weight is 181 g/mol. The lowest BCUT2D eigenvalue weighted by Crippen LogP contribution is -2.28. The van der Waals surface area contributed by atoms with Crippen molar-refractivity contribution in [2.24, 2.45) is 0 Å². The molecule has 0 radical (unpaired) electrons. The number of hydrogen-bond acceptors (Lipinski definition) is 4. The number of hydrogen-bond donors (Lipinski definition) is 1. The topological polar surface area (TPSA) is 78.0 Å². The van der Waals surface area contributed by atoms with Crippen LogP contribution in [0.5, 0.6) is 0 Å². The minimum Gasteiger partial charge on any atom is -0.383 e. The number of nitrogen functional groups attached to an aromatic ring is 1. The van der Waals surface area contributed by atoms with Crippen LogP contribution in [0, 0.1) is 0 Å². The van der Waals surface area contributed by atoms with Gasteiger partial charge in [0.1, 0.15) is 5.82 Å². The van der Waals surface area contributed by atoms with Gasteiger partial charge in [0.15, 0.2) is 0 Å². The summed E-state index contributed by atoms with van der Waals surface area (Å²) in [6, 6.07) is 1.43. The number of aromatic nitrogens is 2. The van der Waals surface area contributed by atoms with Gasteiger partial charge >= 0.3 is 5.69 Å². The maximum absolute atomic E-state index is 11.3. The highest BCUT2D eigenvalue weighted by atomic mass is 16.2. The van der Waals surface area contributed by atoms with Gasteiger partial charge in [-0.2, -0.15) is 4.98 Å². The normalized spacial score (nSPS) is 9.92. The van der Waals surface area contributed by atoms with Gasteiger partial charge in [-0.15, -0.1) is 0 Å². The van der Waals surface area contributed by atoms with Crippen LogP contribution in [0.25, 0.3) is 0 Å². The van der Waals surface area contributed by atoms with Crippen LogP contribution < -0.4 is 11.4 Å². The van der Waals surface area contributed by atoms with Crippen molar-refractivity contribution < 1.29 is 4.79 Å². The first-order valence-corrected chi connectivity index (χ1v) is 4.03. The van der Waals surface area contributed by atoms with E-state index in [1.807, 2.05) is 6.92 Å². The van der Waals surface area contributed by atoms with Gasteiger partial charge in [-0.1, -0.05) is 6.92 Å². The molecule has 0 amide bonds. The van der Waals surface area contributed by atoms with E-state index in [-0.39, 0.29) is 11.7 Å². The minimum absolute atomic E-state index is 0.130. The average Bonchev–Trinajstić information content (AvgIpc) is 2.04. The zero-order valence-corrected chi connectivity index (χ0v) is 7.36. The molecule has 0 aliphatic heterocycles. The zero-order chi connectivity index (χ0) is 9.84. The van der Waals surface area contributed by atoms with E-state index in [1.54, 1.807) is 0 Å². The molecule has 0 bridgehead atoms. The zero-order valence-electron chi connectivity index (χ0n) is 7.36. The molecule has 5 heteroatoms. The first-order chi connectivity index (χ1) is 6.15. The molecule has 0 saturated carbocycles. The van der Waals surface area contributed by atoms with E-state index in [1.165, 1.54) is 12.3 Å². The fourth-order valence-electron chi connectivity index (χ4n) is 0.940. The van der Waals surface area contributed by atoms with Crippen molar-refractivity contribution in [3.63, 3.8) is 0 Å². The monoisotopic (exact) mass is 181 g/mol. The summed E-state index contributed by atoms with van der Waals surface area (Å²) in [4.78, 5) is 25.8. The molecule has 2 N–H and O–H groups in total. The van der Waals surface area contributed by atoms with Crippen LogP contribution in [0.3, 0.4) is 0 Å². The Hall–Kier alpha value is -1.65. The molecule has 0 saturated heterocycles. The lowest BCUT2D eigenvalue weighted by molar-refractivity contribution is 0.0896. The number of nitrogens with zero attached hydrogens (tertiary/aromatic N) is 2. The fraction of sp³-hybridized carbons (Fsp3) is 0.375. The Morgan fingerprint density at radius 3 is 2.92 bits per heavy atom. The summed E-state index contributed by atoms with van der Waals surface area (Å²) < 4.78 is 0.972. The van der Waals surface area contributed by atoms with Crippen LogP contribution in [-0.4, -0.2) is 15.5 Å². The van der Waals surface area contributed by atoms with Crippen LogP contribution in [0.4, 0.5) is 5.82 Å². The maximum atomic E-state index is 11.3. The van der Waals surface area contributed by atoms with Gasteiger partial charge in [0.05, 0.1) is 0 Å². The van der Waals surface area contributed by atoms with Gasteiger partial charge in [0.2, 0.25) is 5.91 Å². The Labute approximate surface area is 75.2 Å². The van der Waals surface area contributed by atoms with Crippen molar-refractivity contribution in [2.75, 3.05) is 5.73 Å². The quantitative estimate of drug-likeness (QED) is 0.710. The Morgan fingerprint density at radius 2 is 2.38 bits per heavy atom. The molecule has 70 valence electrons. The Balaban J connectivity index is 3.02. The number of rotatable bonds is 2. The van der Waals surface area contributed by atoms with Crippen LogP contribution in [-0.2, 0) is 0 Å². The second-order valence-corrected chi connectivity index (χ2v) is 2.65. The smallest absolute Gasteiger partial charge is 0.356 e. The standard InChI is InChI=1S/C8H11N3O2/c1-2-3-7(12)11-5-4-6(9)10-8(11)13/h4-5H,2-3H2,1H3,(H2,9,10,13). The molecular weight excluding hydrogens is 170 g/mol. The predicted octanol–water partition coefficient (Wildman–Crippen LogP) is 0.266. The second kappa shape index (κ2) is 3.84. The lowest BCUT2D eigenvalue weighted by atomic mass is 10.3. The summed E-state index contributed by atoms with van der Waals surface area (Å²) in [5, 5.41) is 0. The van der Waals surface area contributed by atoms with Crippen molar-refractivity contribution in [3.05, 3.63) is 22.7 Å². The van der Waals surface area contributed by atoms with E-state index in [2.05, 4.69) is 4.98 Å². The van der Waals surface area contributed by atoms with Gasteiger partial charge in [-0.25, -0.2) is 9.36 Å². The van der Waals surface area contributed by atoms with Crippen LogP contribution in [0.15, 0.2) is 17.1 Å². The molecule has 0 aliphatic carbocycles. The van der Waals surface area contributed by atoms with Gasteiger partial charge in [0, 0.05) is 12.6 Å². The van der Waals surface area contributed by atoms with Crippen molar-refractivity contribution in [3.8, 4) is 0 Å². The summed E-state index contributed by atoms with van der Waals surface area (Å²) in [5.41, 5.74) is 4.65. The third-order valence-corrected chi connectivity index (χ3v) is 1.56. The highest BCUT2D eigenvalue weighted by Crippen LogP contribution is 1.94. The van der Waals surface area contributed by atoms with Gasteiger partial charge < -0.3 is 5.73 Å². The third-order valence-electron chi connectivity index (χ3n) is 1.56. The van der Waals surface area contributed by atoms with Gasteiger partial charge in [-0.3, -0.25) is 4.79 Å². The van der Waals surface area contributed by atoms with Gasteiger partial charge in [-0.05, 0) is 12.5 Å². The van der Waals surface area contributed by atoms with Crippen LogP contribution >= 0.6 is 0 Å². The van der Waals surface area contributed by atoms with E-state index in [4.69, 9.17) is 5.73 Å². The molecule has 0 fully saturated rings. The summed E-state index contributed by atoms with van der Waals surface area (Å²) in [7, 11) is 0. The predicted molar refractivity (Wildman–Crippen MR) is 48.4 cm³/mol. The highest BCUT2D eigenvalue weighted by Gasteiger charge is 2.05. The van der Waals surface area contributed by atoms with Gasteiger partial charge in [0.25, 0.3) is 0 Å². The highest BCUT2D eigenvalue weighted by molar-refractivity contribution is 5.78. The summed E-state index contributed by atoms with van der Waals surface area (Å²) in [6.45, 7) is 1.87. The Morgan fingerprint density at radius 1 is 1.69 bits per heavy atom. The molecule has 0 spiro atoms. The molecule has 13 heavy (non-hydrogen) atoms. The first kappa shape index (κ1) is 9.44. The van der Waals surface area contributed by atoms with E-state index in [0.29, 0.717) is 12.8 Å². The largest absolute Gasteiger partial charge is 0.383 e. The molecular formula is C8H11N3O2. The maximum Gasteiger partial charge on any atom is 0.356 e. The second-order valence-electron chi connectivity index (χ2n) is 2.65. The van der Waals surface area contributed by atoms with Crippen molar-refractivity contribution >= 4 is 11.7 Å². The molecule has 1 aromatic heterocycles. The number of anilines is 1. The lowest BCUT2D eigenvalue weighted by Gasteiger charge is -2.01. The SMILES string of the molecule is CCCC(=O)n1ccc(N)nc1=O. The Kier molecular flexibility index (Phi) is 2.79. The summed E-state index contributed by atoms with van der Waals surface area (Å²) >= 11 is 0. The van der Waals surface area contributed by atoms with Crippen molar-refractivity contribution in [1.29, 1.82) is 0 Å². The van der Waals surface area contributed by atoms with E-state index in [0.717, 1.165) is 4.57 Å². The molecule has 1 heterocycles. The number of nitrogens with two attached hydrogens (primary N) is 1. The number of carbonyl (C=O) groups is 1. The molecule has 5 nitrogen and oxygen atoms in total. The summed E-state index contributed by atoms with van der Waals surface area (Å²) in [5.74, 6) is -0.120. The number of carbonyl (C=O) groups excluding carboxylic acids is 1. The van der Waals surface area contributed by atoms with E-state index >= 15 is 0 Å². The molecule has 1 aromatic rings. The van der Waals surface area contributed by atoms with Crippen LogP contribution in [0.2, 0.25) is 0 Å². The fourth-order valence-corrected chi connectivity index (χ4v) is 0.940. The van der Waals surface area contributed by atoms with E-state index in [9.17, 15) is 9.59 Å². The molecule has 0 atom stereocenters. The molecule has 1 rings (SSSR count). The van der Waals surface area contributed by atoms with E-state index < -0.39 is 5.69 Å². The summed E-state index contributed by atoms with van der Waals surface area (Å²) in [6.07, 6.45) is 2.39. The minimum atomic E-state index is -0.613. The third kappa shape index (κ3) is 2.14. The first-order valence-electron chi connectivity index (χ1n) is 4.03. The molecule has 0 unspecified atom stereocenters. The Bertz CT molecular complexity index is 370.